The number of carbonyl (C=O) groups is 3. The number of benzene rings is 2. The maximum Gasteiger partial charge on any atom is 0.379 e. The number of halogens is 1. The van der Waals surface area contributed by atoms with Crippen LogP contribution >= 0.6 is 11.6 Å². The van der Waals surface area contributed by atoms with Crippen LogP contribution in [-0.4, -0.2) is 24.0 Å². The van der Waals surface area contributed by atoms with E-state index in [9.17, 15) is 14.4 Å². The fourth-order valence-corrected chi connectivity index (χ4v) is 2.35. The number of para-hydroxylation sites is 1. The lowest BCUT2D eigenvalue weighted by Gasteiger charge is -2.05. The molecular formula is C20H14ClN3O5. The Morgan fingerprint density at radius 3 is 2.59 bits per heavy atom. The quantitative estimate of drug-likeness (QED) is 0.220. The van der Waals surface area contributed by atoms with Crippen LogP contribution in [0.1, 0.15) is 16.1 Å². The van der Waals surface area contributed by atoms with Crippen molar-refractivity contribution in [3.63, 3.8) is 0 Å². The Labute approximate surface area is 170 Å². The average molecular weight is 412 g/mol. The number of furan rings is 1. The summed E-state index contributed by atoms with van der Waals surface area (Å²) < 4.78 is 10.2. The number of hydrogen-bond acceptors (Lipinski definition) is 6. The van der Waals surface area contributed by atoms with E-state index in [2.05, 4.69) is 15.8 Å². The summed E-state index contributed by atoms with van der Waals surface area (Å²) in [5.41, 5.74) is 2.94. The molecule has 0 bridgehead atoms. The van der Waals surface area contributed by atoms with Crippen LogP contribution in [0.5, 0.6) is 5.75 Å². The first-order valence-corrected chi connectivity index (χ1v) is 8.65. The van der Waals surface area contributed by atoms with Gasteiger partial charge in [-0.3, -0.25) is 9.59 Å². The summed E-state index contributed by atoms with van der Waals surface area (Å²) in [6, 6.07) is 16.0. The zero-order chi connectivity index (χ0) is 20.6. The maximum atomic E-state index is 11.9. The topological polar surface area (TPSA) is 110 Å². The second-order valence-electron chi connectivity index (χ2n) is 5.57. The lowest BCUT2D eigenvalue weighted by Crippen LogP contribution is -2.32. The standard InChI is InChI=1S/C20H14ClN3O5/c21-15-7-1-2-8-16(15)23-18(25)19(26)24-22-12-13-5-3-6-14(11-13)29-20(27)17-9-4-10-28-17/h1-12H,(H,23,25)(H,24,26)/b22-12+. The molecule has 2 amide bonds. The van der Waals surface area contributed by atoms with E-state index < -0.39 is 17.8 Å². The summed E-state index contributed by atoms with van der Waals surface area (Å²) in [5.74, 6) is -2.20. The summed E-state index contributed by atoms with van der Waals surface area (Å²) in [7, 11) is 0. The first kappa shape index (κ1) is 19.8. The number of esters is 1. The van der Waals surface area contributed by atoms with Gasteiger partial charge in [-0.05, 0) is 42.0 Å². The van der Waals surface area contributed by atoms with Gasteiger partial charge in [-0.2, -0.15) is 5.10 Å². The predicted molar refractivity (Wildman–Crippen MR) is 106 cm³/mol. The molecule has 0 saturated heterocycles. The van der Waals surface area contributed by atoms with Crippen LogP contribution in [0.4, 0.5) is 5.69 Å². The van der Waals surface area contributed by atoms with Crippen LogP contribution in [0.25, 0.3) is 0 Å². The molecule has 146 valence electrons. The summed E-state index contributed by atoms with van der Waals surface area (Å²) in [5, 5.41) is 6.40. The molecule has 8 nitrogen and oxygen atoms in total. The molecule has 1 heterocycles. The van der Waals surface area contributed by atoms with Crippen molar-refractivity contribution in [2.24, 2.45) is 5.10 Å². The highest BCUT2D eigenvalue weighted by Crippen LogP contribution is 2.20. The van der Waals surface area contributed by atoms with E-state index in [4.69, 9.17) is 20.8 Å². The molecular weight excluding hydrogens is 398 g/mol. The summed E-state index contributed by atoms with van der Waals surface area (Å²) in [4.78, 5) is 35.6. The number of hydrazone groups is 1. The van der Waals surface area contributed by atoms with Crippen molar-refractivity contribution in [1.82, 2.24) is 5.43 Å². The van der Waals surface area contributed by atoms with Gasteiger partial charge in [-0.25, -0.2) is 10.2 Å². The Hall–Kier alpha value is -3.91. The molecule has 29 heavy (non-hydrogen) atoms. The van der Waals surface area contributed by atoms with Gasteiger partial charge in [0.2, 0.25) is 5.76 Å². The van der Waals surface area contributed by atoms with Crippen molar-refractivity contribution >= 4 is 41.3 Å². The van der Waals surface area contributed by atoms with Crippen molar-refractivity contribution in [2.45, 2.75) is 0 Å². The Morgan fingerprint density at radius 2 is 1.83 bits per heavy atom. The zero-order valence-corrected chi connectivity index (χ0v) is 15.6. The molecule has 0 aliphatic heterocycles. The van der Waals surface area contributed by atoms with E-state index in [1.807, 2.05) is 0 Å². The van der Waals surface area contributed by atoms with Crippen LogP contribution in [0.15, 0.2) is 76.4 Å². The first-order valence-electron chi connectivity index (χ1n) is 8.27. The number of nitrogens with zero attached hydrogens (tertiary/aromatic N) is 1. The Kier molecular flexibility index (Phi) is 6.39. The fourth-order valence-electron chi connectivity index (χ4n) is 2.17. The van der Waals surface area contributed by atoms with Crippen LogP contribution < -0.4 is 15.5 Å². The minimum atomic E-state index is -0.971. The zero-order valence-electron chi connectivity index (χ0n) is 14.8. The van der Waals surface area contributed by atoms with Gasteiger partial charge in [0, 0.05) is 0 Å². The van der Waals surface area contributed by atoms with Crippen molar-refractivity contribution in [3.8, 4) is 5.75 Å². The van der Waals surface area contributed by atoms with Crippen molar-refractivity contribution < 1.29 is 23.5 Å². The van der Waals surface area contributed by atoms with Gasteiger partial charge in [0.1, 0.15) is 5.75 Å². The summed E-state index contributed by atoms with van der Waals surface area (Å²) >= 11 is 5.92. The summed E-state index contributed by atoms with van der Waals surface area (Å²) in [6.07, 6.45) is 2.66. The van der Waals surface area contributed by atoms with Crippen LogP contribution in [0.3, 0.4) is 0 Å². The van der Waals surface area contributed by atoms with Crippen molar-refractivity contribution in [2.75, 3.05) is 5.32 Å². The van der Waals surface area contributed by atoms with Crippen molar-refractivity contribution in [3.05, 3.63) is 83.3 Å². The number of rotatable bonds is 5. The van der Waals surface area contributed by atoms with Gasteiger partial charge in [0.05, 0.1) is 23.2 Å². The molecule has 0 fully saturated rings. The monoisotopic (exact) mass is 411 g/mol. The molecule has 0 aliphatic rings. The van der Waals surface area contributed by atoms with Crippen LogP contribution in [-0.2, 0) is 9.59 Å². The largest absolute Gasteiger partial charge is 0.457 e. The molecule has 0 radical (unpaired) electrons. The van der Waals surface area contributed by atoms with Gasteiger partial charge < -0.3 is 14.5 Å². The molecule has 2 N–H and O–H groups in total. The van der Waals surface area contributed by atoms with E-state index in [1.165, 1.54) is 24.6 Å². The van der Waals surface area contributed by atoms with Crippen molar-refractivity contribution in [1.29, 1.82) is 0 Å². The van der Waals surface area contributed by atoms with E-state index in [0.717, 1.165) is 0 Å². The molecule has 0 atom stereocenters. The highest BCUT2D eigenvalue weighted by molar-refractivity contribution is 6.41. The van der Waals surface area contributed by atoms with E-state index in [-0.39, 0.29) is 11.5 Å². The third-order valence-corrected chi connectivity index (χ3v) is 3.83. The summed E-state index contributed by atoms with van der Waals surface area (Å²) in [6.45, 7) is 0. The second-order valence-corrected chi connectivity index (χ2v) is 5.98. The molecule has 0 aliphatic carbocycles. The Morgan fingerprint density at radius 1 is 1.00 bits per heavy atom. The number of nitrogens with one attached hydrogen (secondary N) is 2. The molecule has 2 aromatic carbocycles. The SMILES string of the molecule is O=C(N/N=C/c1cccc(OC(=O)c2ccco2)c1)C(=O)Nc1ccccc1Cl. The third-order valence-electron chi connectivity index (χ3n) is 3.50. The van der Waals surface area contributed by atoms with Crippen LogP contribution in [0.2, 0.25) is 5.02 Å². The Bertz CT molecular complexity index is 1060. The molecule has 0 spiro atoms. The molecule has 3 aromatic rings. The van der Waals surface area contributed by atoms with E-state index in [0.29, 0.717) is 16.3 Å². The lowest BCUT2D eigenvalue weighted by atomic mass is 10.2. The minimum absolute atomic E-state index is 0.0702. The molecule has 1 aromatic heterocycles. The predicted octanol–water partition coefficient (Wildman–Crippen LogP) is 3.24. The number of amides is 2. The molecule has 3 rings (SSSR count). The van der Waals surface area contributed by atoms with E-state index >= 15 is 0 Å². The van der Waals surface area contributed by atoms with Gasteiger partial charge in [0.25, 0.3) is 0 Å². The first-order chi connectivity index (χ1) is 14.0. The molecule has 9 heteroatoms. The number of ether oxygens (including phenoxy) is 1. The highest BCUT2D eigenvalue weighted by atomic mass is 35.5. The van der Waals surface area contributed by atoms with Gasteiger partial charge in [-0.1, -0.05) is 35.9 Å². The smallest absolute Gasteiger partial charge is 0.379 e. The Balaban J connectivity index is 1.56. The fraction of sp³-hybridized carbons (Fsp3) is 0. The average Bonchev–Trinajstić information content (AvgIpc) is 3.25. The van der Waals surface area contributed by atoms with E-state index in [1.54, 1.807) is 48.5 Å². The molecule has 0 unspecified atom stereocenters. The third kappa shape index (κ3) is 5.53. The number of anilines is 1. The van der Waals surface area contributed by atoms with Gasteiger partial charge in [-0.15, -0.1) is 0 Å². The van der Waals surface area contributed by atoms with Crippen LogP contribution in [0, 0.1) is 0 Å². The molecule has 0 saturated carbocycles. The van der Waals surface area contributed by atoms with Gasteiger partial charge >= 0.3 is 17.8 Å². The lowest BCUT2D eigenvalue weighted by molar-refractivity contribution is -0.136. The second kappa shape index (κ2) is 9.34. The highest BCUT2D eigenvalue weighted by Gasteiger charge is 2.14. The number of carbonyl (C=O) groups excluding carboxylic acids is 3. The minimum Gasteiger partial charge on any atom is -0.457 e. The number of hydrogen-bond donors (Lipinski definition) is 2. The van der Waals surface area contributed by atoms with Gasteiger partial charge in [0.15, 0.2) is 0 Å². The normalized spacial score (nSPS) is 10.5. The maximum absolute atomic E-state index is 11.9.